The molecule has 0 saturated carbocycles. The molecule has 2 nitrogen and oxygen atoms in total. The van der Waals surface area contributed by atoms with E-state index in [0.717, 1.165) is 12.8 Å². The number of hydrogen-bond donors (Lipinski definition) is 2. The van der Waals surface area contributed by atoms with E-state index in [1.807, 2.05) is 6.92 Å². The van der Waals surface area contributed by atoms with Gasteiger partial charge in [0.1, 0.15) is 0 Å². The maximum Gasteiger partial charge on any atom is 0.0440 e. The molecule has 16 heavy (non-hydrogen) atoms. The van der Waals surface area contributed by atoms with Crippen LogP contribution in [-0.4, -0.2) is 17.8 Å². The van der Waals surface area contributed by atoms with Crippen LogP contribution in [-0.2, 0) is 5.41 Å². The van der Waals surface area contributed by atoms with Crippen molar-refractivity contribution in [2.24, 2.45) is 5.73 Å². The third-order valence-electron chi connectivity index (χ3n) is 3.69. The standard InChI is InChI=1S/C14H23NO/c1-4-14(9-10-16,12(3)15)13-7-5-11(2)6-8-13/h5-8,12,16H,4,9-10,15H2,1-3H3. The summed E-state index contributed by atoms with van der Waals surface area (Å²) >= 11 is 0. The summed E-state index contributed by atoms with van der Waals surface area (Å²) < 4.78 is 0. The summed E-state index contributed by atoms with van der Waals surface area (Å²) in [7, 11) is 0. The molecule has 0 heterocycles. The first kappa shape index (κ1) is 13.2. The Morgan fingerprint density at radius 1 is 1.31 bits per heavy atom. The van der Waals surface area contributed by atoms with Gasteiger partial charge in [0.2, 0.25) is 0 Å². The lowest BCUT2D eigenvalue weighted by Gasteiger charge is -2.37. The van der Waals surface area contributed by atoms with Crippen LogP contribution in [0.4, 0.5) is 0 Å². The molecule has 0 amide bonds. The molecule has 0 radical (unpaired) electrons. The van der Waals surface area contributed by atoms with Crippen LogP contribution in [0.2, 0.25) is 0 Å². The first-order valence-corrected chi connectivity index (χ1v) is 6.00. The van der Waals surface area contributed by atoms with Gasteiger partial charge in [-0.05, 0) is 32.3 Å². The Bertz CT molecular complexity index is 318. The molecule has 2 atom stereocenters. The maximum absolute atomic E-state index is 9.24. The summed E-state index contributed by atoms with van der Waals surface area (Å²) in [6, 6.07) is 8.54. The monoisotopic (exact) mass is 221 g/mol. The van der Waals surface area contributed by atoms with Gasteiger partial charge in [-0.2, -0.15) is 0 Å². The van der Waals surface area contributed by atoms with Gasteiger partial charge >= 0.3 is 0 Å². The van der Waals surface area contributed by atoms with E-state index in [1.54, 1.807) is 0 Å². The van der Waals surface area contributed by atoms with E-state index in [1.165, 1.54) is 11.1 Å². The molecule has 0 fully saturated rings. The van der Waals surface area contributed by atoms with Gasteiger partial charge in [0, 0.05) is 18.1 Å². The fraction of sp³-hybridized carbons (Fsp3) is 0.571. The van der Waals surface area contributed by atoms with Crippen LogP contribution >= 0.6 is 0 Å². The van der Waals surface area contributed by atoms with Crippen molar-refractivity contribution in [1.29, 1.82) is 0 Å². The number of rotatable bonds is 5. The van der Waals surface area contributed by atoms with Crippen LogP contribution in [0.3, 0.4) is 0 Å². The Morgan fingerprint density at radius 2 is 1.88 bits per heavy atom. The second-order valence-corrected chi connectivity index (χ2v) is 4.64. The summed E-state index contributed by atoms with van der Waals surface area (Å²) in [4.78, 5) is 0. The van der Waals surface area contributed by atoms with Crippen LogP contribution in [0, 0.1) is 6.92 Å². The second kappa shape index (κ2) is 5.46. The number of aryl methyl sites for hydroxylation is 1. The highest BCUT2D eigenvalue weighted by molar-refractivity contribution is 5.30. The van der Waals surface area contributed by atoms with Crippen molar-refractivity contribution in [1.82, 2.24) is 0 Å². The van der Waals surface area contributed by atoms with Crippen LogP contribution in [0.1, 0.15) is 37.8 Å². The van der Waals surface area contributed by atoms with Crippen molar-refractivity contribution in [3.63, 3.8) is 0 Å². The molecule has 0 spiro atoms. The average Bonchev–Trinajstić information content (AvgIpc) is 2.27. The molecular weight excluding hydrogens is 198 g/mol. The van der Waals surface area contributed by atoms with E-state index in [4.69, 9.17) is 5.73 Å². The van der Waals surface area contributed by atoms with Crippen molar-refractivity contribution in [2.45, 2.75) is 45.1 Å². The molecule has 0 aliphatic rings. The summed E-state index contributed by atoms with van der Waals surface area (Å²) in [6.07, 6.45) is 1.68. The van der Waals surface area contributed by atoms with Gasteiger partial charge in [0.05, 0.1) is 0 Å². The highest BCUT2D eigenvalue weighted by Gasteiger charge is 2.33. The van der Waals surface area contributed by atoms with Crippen LogP contribution in [0.25, 0.3) is 0 Å². The fourth-order valence-electron chi connectivity index (χ4n) is 2.42. The summed E-state index contributed by atoms with van der Waals surface area (Å²) in [5, 5.41) is 9.24. The third-order valence-corrected chi connectivity index (χ3v) is 3.69. The Balaban J connectivity index is 3.13. The topological polar surface area (TPSA) is 46.2 Å². The van der Waals surface area contributed by atoms with Crippen molar-refractivity contribution in [3.8, 4) is 0 Å². The van der Waals surface area contributed by atoms with Crippen molar-refractivity contribution >= 4 is 0 Å². The molecule has 1 rings (SSSR count). The lowest BCUT2D eigenvalue weighted by Crippen LogP contribution is -2.43. The van der Waals surface area contributed by atoms with Gasteiger partial charge in [-0.15, -0.1) is 0 Å². The molecule has 3 N–H and O–H groups in total. The Labute approximate surface area is 98.5 Å². The minimum absolute atomic E-state index is 0.0485. The van der Waals surface area contributed by atoms with Gasteiger partial charge in [-0.3, -0.25) is 0 Å². The van der Waals surface area contributed by atoms with Crippen molar-refractivity contribution < 1.29 is 5.11 Å². The zero-order valence-electron chi connectivity index (χ0n) is 10.5. The Morgan fingerprint density at radius 3 is 2.25 bits per heavy atom. The molecule has 0 bridgehead atoms. The minimum Gasteiger partial charge on any atom is -0.396 e. The van der Waals surface area contributed by atoms with E-state index in [2.05, 4.69) is 38.1 Å². The highest BCUT2D eigenvalue weighted by atomic mass is 16.3. The maximum atomic E-state index is 9.24. The SMILES string of the molecule is CCC(CCO)(c1ccc(C)cc1)C(C)N. The first-order valence-electron chi connectivity index (χ1n) is 6.00. The van der Waals surface area contributed by atoms with Gasteiger partial charge < -0.3 is 10.8 Å². The molecule has 0 aromatic heterocycles. The molecule has 1 aromatic carbocycles. The molecule has 1 aromatic rings. The number of nitrogens with two attached hydrogens (primary N) is 1. The molecular formula is C14H23NO. The normalized spacial score (nSPS) is 16.8. The number of aliphatic hydroxyl groups is 1. The molecule has 0 aliphatic carbocycles. The average molecular weight is 221 g/mol. The zero-order chi connectivity index (χ0) is 12.2. The molecule has 2 unspecified atom stereocenters. The zero-order valence-corrected chi connectivity index (χ0v) is 10.5. The second-order valence-electron chi connectivity index (χ2n) is 4.64. The summed E-state index contributed by atoms with van der Waals surface area (Å²) in [5.41, 5.74) is 8.53. The Kier molecular flexibility index (Phi) is 4.51. The van der Waals surface area contributed by atoms with Crippen LogP contribution < -0.4 is 5.73 Å². The van der Waals surface area contributed by atoms with Gasteiger partial charge in [-0.1, -0.05) is 36.8 Å². The highest BCUT2D eigenvalue weighted by Crippen LogP contribution is 2.34. The van der Waals surface area contributed by atoms with Crippen molar-refractivity contribution in [3.05, 3.63) is 35.4 Å². The fourth-order valence-corrected chi connectivity index (χ4v) is 2.42. The molecule has 90 valence electrons. The number of aliphatic hydroxyl groups excluding tert-OH is 1. The smallest absolute Gasteiger partial charge is 0.0440 e. The third kappa shape index (κ3) is 2.45. The summed E-state index contributed by atoms with van der Waals surface area (Å²) in [5.74, 6) is 0. The van der Waals surface area contributed by atoms with Crippen LogP contribution in [0.5, 0.6) is 0 Å². The van der Waals surface area contributed by atoms with Gasteiger partial charge in [0.15, 0.2) is 0 Å². The Hall–Kier alpha value is -0.860. The minimum atomic E-state index is -0.0948. The quantitative estimate of drug-likeness (QED) is 0.802. The van der Waals surface area contributed by atoms with E-state index in [9.17, 15) is 5.11 Å². The lowest BCUT2D eigenvalue weighted by molar-refractivity contribution is 0.213. The summed E-state index contributed by atoms with van der Waals surface area (Å²) in [6.45, 7) is 6.43. The predicted octanol–water partition coefficient (Wildman–Crippen LogP) is 2.37. The van der Waals surface area contributed by atoms with Crippen molar-refractivity contribution in [2.75, 3.05) is 6.61 Å². The number of benzene rings is 1. The predicted molar refractivity (Wildman–Crippen MR) is 68.5 cm³/mol. The molecule has 0 saturated heterocycles. The lowest BCUT2D eigenvalue weighted by atomic mass is 9.70. The van der Waals surface area contributed by atoms with E-state index in [-0.39, 0.29) is 18.1 Å². The van der Waals surface area contributed by atoms with E-state index in [0.29, 0.717) is 0 Å². The molecule has 0 aliphatic heterocycles. The number of hydrogen-bond acceptors (Lipinski definition) is 2. The molecule has 2 heteroatoms. The van der Waals surface area contributed by atoms with E-state index >= 15 is 0 Å². The first-order chi connectivity index (χ1) is 7.56. The van der Waals surface area contributed by atoms with Crippen LogP contribution in [0.15, 0.2) is 24.3 Å². The largest absolute Gasteiger partial charge is 0.396 e. The van der Waals surface area contributed by atoms with Gasteiger partial charge in [-0.25, -0.2) is 0 Å². The van der Waals surface area contributed by atoms with E-state index < -0.39 is 0 Å². The van der Waals surface area contributed by atoms with Gasteiger partial charge in [0.25, 0.3) is 0 Å².